The van der Waals surface area contributed by atoms with Crippen LogP contribution in [0.1, 0.15) is 18.4 Å². The van der Waals surface area contributed by atoms with Crippen molar-refractivity contribution < 1.29 is 4.79 Å². The number of hydrogen-bond donors (Lipinski definition) is 3. The number of carbonyl (C=O) groups excluding carboxylic acids is 1. The van der Waals surface area contributed by atoms with Gasteiger partial charge in [-0.3, -0.25) is 9.69 Å². The molecule has 3 N–H and O–H groups in total. The summed E-state index contributed by atoms with van der Waals surface area (Å²) < 4.78 is 0. The average Bonchev–Trinajstić information content (AvgIpc) is 2.98. The fraction of sp³-hybridized carbons (Fsp3) is 0.588. The number of benzene rings is 1. The van der Waals surface area contributed by atoms with Crippen LogP contribution in [0.15, 0.2) is 30.3 Å². The third-order valence-corrected chi connectivity index (χ3v) is 5.26. The largest absolute Gasteiger partial charge is 0.337 e. The zero-order chi connectivity index (χ0) is 15.6. The molecule has 23 heavy (non-hydrogen) atoms. The average molecular weight is 315 g/mol. The van der Waals surface area contributed by atoms with Crippen molar-refractivity contribution in [1.82, 2.24) is 26.2 Å². The van der Waals surface area contributed by atoms with Gasteiger partial charge in [0.1, 0.15) is 6.04 Å². The van der Waals surface area contributed by atoms with Crippen LogP contribution in [0.4, 0.5) is 0 Å². The van der Waals surface area contributed by atoms with E-state index in [1.807, 2.05) is 0 Å². The summed E-state index contributed by atoms with van der Waals surface area (Å²) in [5.74, 6) is 0.836. The zero-order valence-electron chi connectivity index (χ0n) is 13.4. The molecule has 1 aromatic rings. The van der Waals surface area contributed by atoms with Crippen LogP contribution in [0.3, 0.4) is 0 Å². The summed E-state index contributed by atoms with van der Waals surface area (Å²) in [5, 5.41) is 0. The second-order valence-corrected chi connectivity index (χ2v) is 6.97. The monoisotopic (exact) mass is 315 g/mol. The molecule has 5 rings (SSSR count). The van der Waals surface area contributed by atoms with Crippen molar-refractivity contribution in [3.8, 4) is 0 Å². The van der Waals surface area contributed by atoms with E-state index >= 15 is 0 Å². The molecule has 6 nitrogen and oxygen atoms in total. The Morgan fingerprint density at radius 3 is 2.78 bits per heavy atom. The van der Waals surface area contributed by atoms with Gasteiger partial charge in [0.15, 0.2) is 0 Å². The van der Waals surface area contributed by atoms with Gasteiger partial charge in [-0.15, -0.1) is 0 Å². The number of amides is 1. The summed E-state index contributed by atoms with van der Waals surface area (Å²) in [4.78, 5) is 17.4. The van der Waals surface area contributed by atoms with E-state index in [9.17, 15) is 4.79 Å². The molecule has 1 unspecified atom stereocenters. The Balaban J connectivity index is 1.45. The first-order valence-electron chi connectivity index (χ1n) is 8.60. The first-order valence-corrected chi connectivity index (χ1v) is 8.60. The molecule has 4 aliphatic rings. The zero-order valence-corrected chi connectivity index (χ0v) is 13.4. The van der Waals surface area contributed by atoms with Crippen LogP contribution in [0.2, 0.25) is 0 Å². The van der Waals surface area contributed by atoms with E-state index in [0.29, 0.717) is 18.5 Å². The molecule has 4 saturated heterocycles. The van der Waals surface area contributed by atoms with E-state index < -0.39 is 0 Å². The molecule has 4 aliphatic heterocycles. The Kier molecular flexibility index (Phi) is 4.31. The maximum atomic E-state index is 12.8. The molecule has 0 saturated carbocycles. The summed E-state index contributed by atoms with van der Waals surface area (Å²) in [6.45, 7) is 4.64. The highest BCUT2D eigenvalue weighted by Gasteiger charge is 2.39. The summed E-state index contributed by atoms with van der Waals surface area (Å²) in [6, 6.07) is 10.9. The minimum Gasteiger partial charge on any atom is -0.337 e. The lowest BCUT2D eigenvalue weighted by Gasteiger charge is -2.37. The van der Waals surface area contributed by atoms with E-state index in [2.05, 4.69) is 56.5 Å². The van der Waals surface area contributed by atoms with Gasteiger partial charge in [-0.05, 0) is 24.3 Å². The van der Waals surface area contributed by atoms with Crippen LogP contribution >= 0.6 is 0 Å². The van der Waals surface area contributed by atoms with Crippen molar-refractivity contribution in [3.05, 3.63) is 35.9 Å². The fourth-order valence-corrected chi connectivity index (χ4v) is 4.11. The first-order chi connectivity index (χ1) is 11.3. The topological polar surface area (TPSA) is 59.6 Å². The third kappa shape index (κ3) is 3.26. The number of fused-ring (bicyclic) bond motifs is 4. The maximum absolute atomic E-state index is 12.8. The van der Waals surface area contributed by atoms with Gasteiger partial charge in [-0.25, -0.2) is 10.9 Å². The van der Waals surface area contributed by atoms with Crippen molar-refractivity contribution in [2.75, 3.05) is 26.2 Å². The fourth-order valence-electron chi connectivity index (χ4n) is 4.11. The van der Waals surface area contributed by atoms with Crippen LogP contribution in [-0.2, 0) is 11.3 Å². The molecular weight excluding hydrogens is 290 g/mol. The van der Waals surface area contributed by atoms with Gasteiger partial charge in [0, 0.05) is 38.8 Å². The van der Waals surface area contributed by atoms with Crippen molar-refractivity contribution in [2.45, 2.75) is 31.5 Å². The first kappa shape index (κ1) is 15.1. The van der Waals surface area contributed by atoms with E-state index in [1.54, 1.807) is 0 Å². The Bertz CT molecular complexity index is 545. The van der Waals surface area contributed by atoms with Crippen LogP contribution < -0.4 is 16.4 Å². The lowest BCUT2D eigenvalue weighted by Crippen LogP contribution is -2.54. The molecule has 0 spiro atoms. The Morgan fingerprint density at radius 2 is 2.00 bits per heavy atom. The summed E-state index contributed by atoms with van der Waals surface area (Å²) in [6.07, 6.45) is 2.38. The standard InChI is InChI=1S/C17H25N5O/c23-17(16-8-18-20-19-16)22-11-14-6-7-15(22)12-21(10-14)9-13-4-2-1-3-5-13/h1-5,14-16,18-20H,6-12H2/t14-,15+,16?/m0/s1. The minimum absolute atomic E-state index is 0.142. The van der Waals surface area contributed by atoms with Gasteiger partial charge in [-0.1, -0.05) is 30.3 Å². The summed E-state index contributed by atoms with van der Waals surface area (Å²) >= 11 is 0. The molecule has 1 aromatic carbocycles. The second-order valence-electron chi connectivity index (χ2n) is 6.97. The van der Waals surface area contributed by atoms with E-state index in [4.69, 9.17) is 0 Å². The van der Waals surface area contributed by atoms with Crippen LogP contribution in [0.5, 0.6) is 0 Å². The molecule has 2 bridgehead atoms. The number of rotatable bonds is 3. The molecule has 3 atom stereocenters. The highest BCUT2D eigenvalue weighted by atomic mass is 16.2. The van der Waals surface area contributed by atoms with Gasteiger partial charge in [0.25, 0.3) is 0 Å². The predicted octanol–water partition coefficient (Wildman–Crippen LogP) is 0.0904. The minimum atomic E-state index is -0.142. The number of nitrogens with one attached hydrogen (secondary N) is 3. The molecule has 1 amide bonds. The van der Waals surface area contributed by atoms with Gasteiger partial charge in [0.05, 0.1) is 0 Å². The van der Waals surface area contributed by atoms with E-state index in [1.165, 1.54) is 12.0 Å². The van der Waals surface area contributed by atoms with Gasteiger partial charge in [0.2, 0.25) is 5.91 Å². The molecule has 6 heteroatoms. The lowest BCUT2D eigenvalue weighted by atomic mass is 9.94. The normalized spacial score (nSPS) is 31.3. The van der Waals surface area contributed by atoms with Crippen molar-refractivity contribution in [3.63, 3.8) is 0 Å². The maximum Gasteiger partial charge on any atom is 0.242 e. The second kappa shape index (κ2) is 6.57. The molecule has 0 radical (unpaired) electrons. The van der Waals surface area contributed by atoms with Crippen molar-refractivity contribution in [2.24, 2.45) is 5.92 Å². The Morgan fingerprint density at radius 1 is 1.13 bits per heavy atom. The van der Waals surface area contributed by atoms with E-state index in [-0.39, 0.29) is 11.9 Å². The van der Waals surface area contributed by atoms with Gasteiger partial charge in [-0.2, -0.15) is 5.53 Å². The third-order valence-electron chi connectivity index (χ3n) is 5.26. The van der Waals surface area contributed by atoms with Crippen molar-refractivity contribution in [1.29, 1.82) is 0 Å². The molecule has 124 valence electrons. The molecule has 0 aliphatic carbocycles. The molecule has 4 fully saturated rings. The smallest absolute Gasteiger partial charge is 0.242 e. The number of hydrogen-bond acceptors (Lipinski definition) is 5. The molecular formula is C17H25N5O. The summed E-state index contributed by atoms with van der Waals surface area (Å²) in [7, 11) is 0. The quantitative estimate of drug-likeness (QED) is 0.738. The van der Waals surface area contributed by atoms with Gasteiger partial charge >= 0.3 is 0 Å². The van der Waals surface area contributed by atoms with Crippen LogP contribution in [0, 0.1) is 5.92 Å². The number of carbonyl (C=O) groups is 1. The van der Waals surface area contributed by atoms with Gasteiger partial charge < -0.3 is 4.90 Å². The van der Waals surface area contributed by atoms with Crippen LogP contribution in [0.25, 0.3) is 0 Å². The number of hydrazine groups is 2. The highest BCUT2D eigenvalue weighted by molar-refractivity contribution is 5.82. The molecule has 0 aromatic heterocycles. The lowest BCUT2D eigenvalue weighted by molar-refractivity contribution is -0.137. The SMILES string of the molecule is O=C(C1CNNN1)N1C[C@H]2CC[C@@H]1CN(Cc1ccccc1)C2. The highest BCUT2D eigenvalue weighted by Crippen LogP contribution is 2.29. The number of nitrogens with zero attached hydrogens (tertiary/aromatic N) is 2. The summed E-state index contributed by atoms with van der Waals surface area (Å²) in [5.41, 5.74) is 10.2. The number of piperidine rings is 1. The molecule has 4 heterocycles. The Labute approximate surface area is 137 Å². The Hall–Kier alpha value is -1.47. The predicted molar refractivity (Wildman–Crippen MR) is 88.0 cm³/mol. The van der Waals surface area contributed by atoms with E-state index in [0.717, 1.165) is 32.6 Å². The van der Waals surface area contributed by atoms with Crippen LogP contribution in [-0.4, -0.2) is 54.0 Å². The van der Waals surface area contributed by atoms with Crippen molar-refractivity contribution >= 4 is 5.91 Å².